The first-order valence-electron chi connectivity index (χ1n) is 6.10. The van der Waals surface area contributed by atoms with Crippen LogP contribution in [0.25, 0.3) is 11.1 Å². The molecule has 2 aromatic rings. The lowest BCUT2D eigenvalue weighted by Gasteiger charge is -2.12. The van der Waals surface area contributed by atoms with Crippen LogP contribution >= 0.6 is 11.6 Å². The molecule has 0 atom stereocenters. The monoisotopic (exact) mass is 290 g/mol. The van der Waals surface area contributed by atoms with Gasteiger partial charge in [0.1, 0.15) is 5.75 Å². The minimum absolute atomic E-state index is 0.450. The molecular weight excluding hydrogens is 276 g/mol. The predicted molar refractivity (Wildman–Crippen MR) is 79.5 cm³/mol. The molecule has 20 heavy (non-hydrogen) atoms. The lowest BCUT2D eigenvalue weighted by atomic mass is 9.98. The highest BCUT2D eigenvalue weighted by atomic mass is 35.5. The van der Waals surface area contributed by atoms with Crippen LogP contribution in [0.4, 0.5) is 0 Å². The van der Waals surface area contributed by atoms with Crippen LogP contribution < -0.4 is 4.74 Å². The Balaban J connectivity index is 2.53. The largest absolute Gasteiger partial charge is 0.497 e. The van der Waals surface area contributed by atoms with Gasteiger partial charge in [-0.15, -0.1) is 0 Å². The van der Waals surface area contributed by atoms with Crippen molar-refractivity contribution in [3.63, 3.8) is 0 Å². The first kappa shape index (κ1) is 14.6. The van der Waals surface area contributed by atoms with Crippen molar-refractivity contribution in [1.29, 1.82) is 0 Å². The Morgan fingerprint density at radius 3 is 2.60 bits per heavy atom. The van der Waals surface area contributed by atoms with Crippen LogP contribution in [0.3, 0.4) is 0 Å². The van der Waals surface area contributed by atoms with Crippen molar-refractivity contribution in [3.8, 4) is 16.9 Å². The van der Waals surface area contributed by atoms with E-state index in [-0.39, 0.29) is 0 Å². The summed E-state index contributed by atoms with van der Waals surface area (Å²) in [5.74, 6) is 0.769. The van der Waals surface area contributed by atoms with Gasteiger partial charge in [0.05, 0.1) is 18.7 Å². The van der Waals surface area contributed by atoms with Crippen LogP contribution in [0.15, 0.2) is 36.4 Å². The molecule has 104 valence electrons. The minimum Gasteiger partial charge on any atom is -0.497 e. The fourth-order valence-electron chi connectivity index (χ4n) is 2.06. The molecule has 0 heterocycles. The van der Waals surface area contributed by atoms with Crippen molar-refractivity contribution in [3.05, 3.63) is 52.5 Å². The number of benzene rings is 2. The van der Waals surface area contributed by atoms with E-state index >= 15 is 0 Å². The Morgan fingerprint density at radius 1 is 1.15 bits per heavy atom. The zero-order valence-electron chi connectivity index (χ0n) is 11.4. The SMILES string of the molecule is COCc1cc(OC)ccc1-c1ccc(Cl)c(C=O)c1. The van der Waals surface area contributed by atoms with Crippen molar-refractivity contribution in [2.45, 2.75) is 6.61 Å². The van der Waals surface area contributed by atoms with E-state index in [1.54, 1.807) is 26.4 Å². The summed E-state index contributed by atoms with van der Waals surface area (Å²) < 4.78 is 10.4. The molecule has 0 saturated heterocycles. The quantitative estimate of drug-likeness (QED) is 0.782. The van der Waals surface area contributed by atoms with Crippen LogP contribution in [-0.4, -0.2) is 20.5 Å². The molecule has 0 spiro atoms. The van der Waals surface area contributed by atoms with Gasteiger partial charge in [0.25, 0.3) is 0 Å². The predicted octanol–water partition coefficient (Wildman–Crippen LogP) is 3.97. The highest BCUT2D eigenvalue weighted by Gasteiger charge is 2.09. The minimum atomic E-state index is 0.450. The molecule has 0 saturated carbocycles. The molecular formula is C16H15ClO3. The van der Waals surface area contributed by atoms with Gasteiger partial charge in [-0.25, -0.2) is 0 Å². The summed E-state index contributed by atoms with van der Waals surface area (Å²) in [7, 11) is 3.26. The normalized spacial score (nSPS) is 10.3. The summed E-state index contributed by atoms with van der Waals surface area (Å²) >= 11 is 5.96. The Morgan fingerprint density at radius 2 is 1.95 bits per heavy atom. The Bertz CT molecular complexity index is 623. The van der Waals surface area contributed by atoms with Gasteiger partial charge in [0.2, 0.25) is 0 Å². The maximum atomic E-state index is 11.0. The van der Waals surface area contributed by atoms with Gasteiger partial charge in [-0.2, -0.15) is 0 Å². The van der Waals surface area contributed by atoms with E-state index < -0.39 is 0 Å². The molecule has 0 amide bonds. The molecule has 2 rings (SSSR count). The van der Waals surface area contributed by atoms with Gasteiger partial charge in [-0.05, 0) is 41.0 Å². The van der Waals surface area contributed by atoms with Crippen molar-refractivity contribution in [2.75, 3.05) is 14.2 Å². The van der Waals surface area contributed by atoms with E-state index in [2.05, 4.69) is 0 Å². The lowest BCUT2D eigenvalue weighted by molar-refractivity contribution is 0.112. The number of ether oxygens (including phenoxy) is 2. The van der Waals surface area contributed by atoms with Crippen molar-refractivity contribution >= 4 is 17.9 Å². The zero-order valence-corrected chi connectivity index (χ0v) is 12.1. The second-order valence-corrected chi connectivity index (χ2v) is 4.72. The van der Waals surface area contributed by atoms with Gasteiger partial charge in [0, 0.05) is 12.7 Å². The summed E-state index contributed by atoms with van der Waals surface area (Å²) in [5, 5.41) is 0.450. The Hall–Kier alpha value is -1.84. The first-order valence-corrected chi connectivity index (χ1v) is 6.48. The molecule has 0 unspecified atom stereocenters. The van der Waals surface area contributed by atoms with Crippen molar-refractivity contribution < 1.29 is 14.3 Å². The second-order valence-electron chi connectivity index (χ2n) is 4.31. The van der Waals surface area contributed by atoms with E-state index in [1.807, 2.05) is 24.3 Å². The average molecular weight is 291 g/mol. The average Bonchev–Trinajstić information content (AvgIpc) is 2.48. The van der Waals surface area contributed by atoms with Gasteiger partial charge in [-0.3, -0.25) is 4.79 Å². The highest BCUT2D eigenvalue weighted by molar-refractivity contribution is 6.33. The van der Waals surface area contributed by atoms with Crippen LogP contribution in [-0.2, 0) is 11.3 Å². The third kappa shape index (κ3) is 3.00. The molecule has 0 aliphatic carbocycles. The van der Waals surface area contributed by atoms with E-state index in [0.717, 1.165) is 28.7 Å². The number of hydrogen-bond donors (Lipinski definition) is 0. The third-order valence-corrected chi connectivity index (χ3v) is 3.39. The van der Waals surface area contributed by atoms with Crippen molar-refractivity contribution in [2.24, 2.45) is 0 Å². The molecule has 0 fully saturated rings. The molecule has 4 heteroatoms. The van der Waals surface area contributed by atoms with Gasteiger partial charge < -0.3 is 9.47 Å². The topological polar surface area (TPSA) is 35.5 Å². The maximum absolute atomic E-state index is 11.0. The summed E-state index contributed by atoms with van der Waals surface area (Å²) in [4.78, 5) is 11.0. The highest BCUT2D eigenvalue weighted by Crippen LogP contribution is 2.30. The third-order valence-electron chi connectivity index (χ3n) is 3.05. The molecule has 0 aliphatic heterocycles. The molecule has 0 aromatic heterocycles. The van der Waals surface area contributed by atoms with E-state index in [1.165, 1.54) is 0 Å². The number of halogens is 1. The van der Waals surface area contributed by atoms with Crippen LogP contribution in [0.1, 0.15) is 15.9 Å². The number of carbonyl (C=O) groups is 1. The maximum Gasteiger partial charge on any atom is 0.151 e. The fourth-order valence-corrected chi connectivity index (χ4v) is 2.22. The van der Waals surface area contributed by atoms with Gasteiger partial charge >= 0.3 is 0 Å². The van der Waals surface area contributed by atoms with Gasteiger partial charge in [0.15, 0.2) is 6.29 Å². The summed E-state index contributed by atoms with van der Waals surface area (Å²) in [6.45, 7) is 0.464. The molecule has 0 bridgehead atoms. The zero-order chi connectivity index (χ0) is 14.5. The van der Waals surface area contributed by atoms with Crippen LogP contribution in [0.2, 0.25) is 5.02 Å². The standard InChI is InChI=1S/C16H15ClO3/c1-19-10-13-8-14(20-2)4-5-15(13)11-3-6-16(17)12(7-11)9-18/h3-9H,10H2,1-2H3. The molecule has 0 N–H and O–H groups in total. The van der Waals surface area contributed by atoms with Crippen molar-refractivity contribution in [1.82, 2.24) is 0 Å². The van der Waals surface area contributed by atoms with E-state index in [9.17, 15) is 4.79 Å². The fraction of sp³-hybridized carbons (Fsp3) is 0.188. The number of aldehydes is 1. The number of methoxy groups -OCH3 is 2. The van der Waals surface area contributed by atoms with E-state index in [0.29, 0.717) is 17.2 Å². The second kappa shape index (κ2) is 6.55. The van der Waals surface area contributed by atoms with Gasteiger partial charge in [-0.1, -0.05) is 23.7 Å². The van der Waals surface area contributed by atoms with Crippen LogP contribution in [0.5, 0.6) is 5.75 Å². The summed E-state index contributed by atoms with van der Waals surface area (Å²) in [6, 6.07) is 11.1. The molecule has 2 aromatic carbocycles. The number of hydrogen-bond acceptors (Lipinski definition) is 3. The first-order chi connectivity index (χ1) is 9.69. The number of rotatable bonds is 5. The smallest absolute Gasteiger partial charge is 0.151 e. The summed E-state index contributed by atoms with van der Waals surface area (Å²) in [5.41, 5.74) is 3.38. The molecule has 0 radical (unpaired) electrons. The lowest BCUT2D eigenvalue weighted by Crippen LogP contribution is -1.95. The van der Waals surface area contributed by atoms with Crippen LogP contribution in [0, 0.1) is 0 Å². The number of carbonyl (C=O) groups excluding carboxylic acids is 1. The Labute approximate surface area is 123 Å². The van der Waals surface area contributed by atoms with E-state index in [4.69, 9.17) is 21.1 Å². The molecule has 3 nitrogen and oxygen atoms in total. The summed E-state index contributed by atoms with van der Waals surface area (Å²) in [6.07, 6.45) is 0.755. The Kier molecular flexibility index (Phi) is 4.77. The molecule has 0 aliphatic rings.